The number of pyridine rings is 1. The highest BCUT2D eigenvalue weighted by Crippen LogP contribution is 2.35. The van der Waals surface area contributed by atoms with E-state index in [0.29, 0.717) is 5.15 Å². The van der Waals surface area contributed by atoms with Gasteiger partial charge >= 0.3 is 0 Å². The first-order valence-electron chi connectivity index (χ1n) is 9.88. The van der Waals surface area contributed by atoms with Crippen LogP contribution in [0.2, 0.25) is 5.15 Å². The molecule has 0 unspecified atom stereocenters. The number of methoxy groups -OCH3 is 2. The van der Waals surface area contributed by atoms with Crippen LogP contribution in [0.5, 0.6) is 11.5 Å². The molecule has 10 heteroatoms. The molecule has 4 aromatic rings. The van der Waals surface area contributed by atoms with E-state index in [1.165, 1.54) is 0 Å². The van der Waals surface area contributed by atoms with Crippen LogP contribution in [-0.4, -0.2) is 50.4 Å². The summed E-state index contributed by atoms with van der Waals surface area (Å²) in [6, 6.07) is 7.86. The van der Waals surface area contributed by atoms with Crippen LogP contribution in [0.1, 0.15) is 24.4 Å². The van der Waals surface area contributed by atoms with Gasteiger partial charge in [-0.1, -0.05) is 17.7 Å². The molecule has 1 aliphatic rings. The standard InChI is InChI=1S/C21H21ClN6O2S/c1-12-19-25-26-20(21-24-15-10-23-18(22)9-17(15)31-21)28(19)7-6-27(12)11-13-4-5-14(29-2)8-16(13)30-3/h4-5,8-10,12H,6-7,11H2,1-3H3/t12-/m1/s1. The molecule has 0 saturated heterocycles. The molecule has 0 saturated carbocycles. The Morgan fingerprint density at radius 3 is 2.84 bits per heavy atom. The molecule has 5 rings (SSSR count). The Bertz CT molecular complexity index is 1260. The van der Waals surface area contributed by atoms with Crippen LogP contribution in [0.3, 0.4) is 0 Å². The minimum atomic E-state index is 0.104. The van der Waals surface area contributed by atoms with Crippen LogP contribution in [-0.2, 0) is 13.1 Å². The van der Waals surface area contributed by atoms with Gasteiger partial charge in [0.25, 0.3) is 0 Å². The Balaban J connectivity index is 1.42. The Kier molecular flexibility index (Phi) is 5.25. The number of rotatable bonds is 5. The van der Waals surface area contributed by atoms with Gasteiger partial charge in [0, 0.05) is 31.3 Å². The van der Waals surface area contributed by atoms with Crippen molar-refractivity contribution in [2.75, 3.05) is 20.8 Å². The van der Waals surface area contributed by atoms with Crippen molar-refractivity contribution in [3.63, 3.8) is 0 Å². The lowest BCUT2D eigenvalue weighted by Crippen LogP contribution is -2.36. The Morgan fingerprint density at radius 2 is 2.03 bits per heavy atom. The van der Waals surface area contributed by atoms with Gasteiger partial charge in [-0.25, -0.2) is 9.97 Å². The number of benzene rings is 1. The molecule has 0 N–H and O–H groups in total. The summed E-state index contributed by atoms with van der Waals surface area (Å²) in [6.45, 7) is 4.56. The lowest BCUT2D eigenvalue weighted by atomic mass is 10.1. The Morgan fingerprint density at radius 1 is 1.16 bits per heavy atom. The SMILES string of the molecule is COc1ccc(CN2CCn3c(-c4nc5cnc(Cl)cc5s4)nnc3[C@H]2C)c(OC)c1. The molecule has 3 aromatic heterocycles. The topological polar surface area (TPSA) is 78.2 Å². The zero-order chi connectivity index (χ0) is 21.5. The summed E-state index contributed by atoms with van der Waals surface area (Å²) in [5.41, 5.74) is 1.93. The van der Waals surface area contributed by atoms with E-state index in [4.69, 9.17) is 21.1 Å². The van der Waals surface area contributed by atoms with E-state index < -0.39 is 0 Å². The van der Waals surface area contributed by atoms with E-state index in [1.807, 2.05) is 18.2 Å². The second-order valence-electron chi connectivity index (χ2n) is 7.35. The molecule has 0 amide bonds. The molecule has 4 heterocycles. The maximum atomic E-state index is 6.02. The van der Waals surface area contributed by atoms with Crippen LogP contribution in [0.25, 0.3) is 21.0 Å². The van der Waals surface area contributed by atoms with Crippen molar-refractivity contribution in [1.82, 2.24) is 29.6 Å². The summed E-state index contributed by atoms with van der Waals surface area (Å²) < 4.78 is 14.0. The maximum absolute atomic E-state index is 6.02. The molecule has 1 atom stereocenters. The normalized spacial score (nSPS) is 16.5. The highest BCUT2D eigenvalue weighted by molar-refractivity contribution is 7.21. The van der Waals surface area contributed by atoms with E-state index in [9.17, 15) is 0 Å². The van der Waals surface area contributed by atoms with Crippen molar-refractivity contribution < 1.29 is 9.47 Å². The summed E-state index contributed by atoms with van der Waals surface area (Å²) in [5.74, 6) is 3.33. The summed E-state index contributed by atoms with van der Waals surface area (Å²) >= 11 is 7.58. The highest BCUT2D eigenvalue weighted by atomic mass is 35.5. The Hall–Kier alpha value is -2.75. The molecule has 31 heavy (non-hydrogen) atoms. The first-order valence-corrected chi connectivity index (χ1v) is 11.1. The Labute approximate surface area is 188 Å². The van der Waals surface area contributed by atoms with Gasteiger partial charge in [-0.3, -0.25) is 4.90 Å². The van der Waals surface area contributed by atoms with Crippen molar-refractivity contribution in [3.05, 3.63) is 47.0 Å². The molecule has 0 spiro atoms. The average molecular weight is 457 g/mol. The van der Waals surface area contributed by atoms with Crippen molar-refractivity contribution in [1.29, 1.82) is 0 Å². The lowest BCUT2D eigenvalue weighted by Gasteiger charge is -2.33. The predicted molar refractivity (Wildman–Crippen MR) is 120 cm³/mol. The van der Waals surface area contributed by atoms with Crippen LogP contribution < -0.4 is 9.47 Å². The fourth-order valence-electron chi connectivity index (χ4n) is 3.91. The predicted octanol–water partition coefficient (Wildman–Crippen LogP) is 4.20. The number of hydrogen-bond acceptors (Lipinski definition) is 8. The number of nitrogens with zero attached hydrogens (tertiary/aromatic N) is 6. The smallest absolute Gasteiger partial charge is 0.193 e. The second kappa shape index (κ2) is 8.07. The third-order valence-electron chi connectivity index (χ3n) is 5.61. The van der Waals surface area contributed by atoms with Gasteiger partial charge in [0.05, 0.1) is 31.2 Å². The minimum absolute atomic E-state index is 0.104. The molecule has 0 bridgehead atoms. The zero-order valence-corrected chi connectivity index (χ0v) is 18.9. The van der Waals surface area contributed by atoms with Gasteiger partial charge in [-0.05, 0) is 19.1 Å². The first kappa shape index (κ1) is 20.2. The quantitative estimate of drug-likeness (QED) is 0.416. The van der Waals surface area contributed by atoms with Crippen LogP contribution in [0.4, 0.5) is 0 Å². The van der Waals surface area contributed by atoms with Crippen molar-refractivity contribution >= 4 is 33.2 Å². The van der Waals surface area contributed by atoms with Gasteiger partial charge in [0.1, 0.15) is 22.2 Å². The largest absolute Gasteiger partial charge is 0.497 e. The monoisotopic (exact) mass is 456 g/mol. The molecular formula is C21H21ClN6O2S. The van der Waals surface area contributed by atoms with Crippen molar-refractivity contribution in [3.8, 4) is 22.3 Å². The van der Waals surface area contributed by atoms with E-state index >= 15 is 0 Å². The summed E-state index contributed by atoms with van der Waals surface area (Å²) in [7, 11) is 3.34. The van der Waals surface area contributed by atoms with E-state index in [1.54, 1.807) is 31.8 Å². The average Bonchev–Trinajstić information content (AvgIpc) is 3.39. The number of ether oxygens (including phenoxy) is 2. The summed E-state index contributed by atoms with van der Waals surface area (Å²) in [4.78, 5) is 11.2. The van der Waals surface area contributed by atoms with E-state index in [-0.39, 0.29) is 6.04 Å². The van der Waals surface area contributed by atoms with Gasteiger partial charge in [0.2, 0.25) is 0 Å². The fourth-order valence-corrected chi connectivity index (χ4v) is 5.10. The lowest BCUT2D eigenvalue weighted by molar-refractivity contribution is 0.155. The van der Waals surface area contributed by atoms with Crippen LogP contribution >= 0.6 is 22.9 Å². The molecule has 8 nitrogen and oxygen atoms in total. The third kappa shape index (κ3) is 3.62. The summed E-state index contributed by atoms with van der Waals surface area (Å²) in [6.07, 6.45) is 1.69. The number of aromatic nitrogens is 5. The minimum Gasteiger partial charge on any atom is -0.497 e. The van der Waals surface area contributed by atoms with Gasteiger partial charge in [0.15, 0.2) is 16.7 Å². The molecular weight excluding hydrogens is 436 g/mol. The third-order valence-corrected chi connectivity index (χ3v) is 6.83. The van der Waals surface area contributed by atoms with Crippen LogP contribution in [0.15, 0.2) is 30.5 Å². The second-order valence-corrected chi connectivity index (χ2v) is 8.77. The number of halogens is 1. The van der Waals surface area contributed by atoms with Gasteiger partial charge < -0.3 is 14.0 Å². The zero-order valence-electron chi connectivity index (χ0n) is 17.4. The van der Waals surface area contributed by atoms with Crippen molar-refractivity contribution in [2.24, 2.45) is 0 Å². The number of fused-ring (bicyclic) bond motifs is 2. The molecule has 0 fully saturated rings. The fraction of sp³-hybridized carbons (Fsp3) is 0.333. The van der Waals surface area contributed by atoms with Crippen LogP contribution in [0, 0.1) is 0 Å². The highest BCUT2D eigenvalue weighted by Gasteiger charge is 2.30. The van der Waals surface area contributed by atoms with Crippen molar-refractivity contribution in [2.45, 2.75) is 26.1 Å². The molecule has 1 aromatic carbocycles. The molecule has 160 valence electrons. The first-order chi connectivity index (χ1) is 15.1. The molecule has 0 radical (unpaired) electrons. The summed E-state index contributed by atoms with van der Waals surface area (Å²) in [5, 5.41) is 10.3. The number of thiazole rings is 1. The maximum Gasteiger partial charge on any atom is 0.193 e. The van der Waals surface area contributed by atoms with E-state index in [0.717, 1.165) is 63.6 Å². The molecule has 0 aliphatic carbocycles. The number of hydrogen-bond donors (Lipinski definition) is 0. The van der Waals surface area contributed by atoms with Gasteiger partial charge in [-0.2, -0.15) is 0 Å². The molecule has 1 aliphatic heterocycles. The van der Waals surface area contributed by atoms with E-state index in [2.05, 4.69) is 42.6 Å². The van der Waals surface area contributed by atoms with Gasteiger partial charge in [-0.15, -0.1) is 21.5 Å².